The van der Waals surface area contributed by atoms with Crippen LogP contribution in [0.25, 0.3) is 0 Å². The number of hydrogen-bond donors (Lipinski definition) is 1. The molecule has 0 radical (unpaired) electrons. The average Bonchev–Trinajstić information content (AvgIpc) is 2.68. The van der Waals surface area contributed by atoms with Gasteiger partial charge in [0.05, 0.1) is 11.1 Å². The van der Waals surface area contributed by atoms with E-state index < -0.39 is 17.9 Å². The van der Waals surface area contributed by atoms with E-state index in [0.29, 0.717) is 11.3 Å². The zero-order chi connectivity index (χ0) is 19.9. The molecule has 1 amide bonds. The minimum absolute atomic E-state index is 0.187. The Morgan fingerprint density at radius 3 is 2.36 bits per heavy atom. The summed E-state index contributed by atoms with van der Waals surface area (Å²) in [4.78, 5) is 14.6. The third kappa shape index (κ3) is 3.22. The molecule has 0 saturated carbocycles. The lowest BCUT2D eigenvalue weighted by Crippen LogP contribution is -2.43. The number of carbonyl (C=O) groups excluding carboxylic acids is 1. The number of nitrogens with one attached hydrogen (secondary N) is 1. The molecule has 6 heteroatoms. The van der Waals surface area contributed by atoms with Gasteiger partial charge in [-0.3, -0.25) is 9.69 Å². The van der Waals surface area contributed by atoms with E-state index in [-0.39, 0.29) is 11.6 Å². The minimum atomic E-state index is -4.49. The van der Waals surface area contributed by atoms with E-state index in [4.69, 9.17) is 0 Å². The van der Waals surface area contributed by atoms with Gasteiger partial charge in [0, 0.05) is 11.4 Å². The number of hydrogen-bond acceptors (Lipinski definition) is 2. The van der Waals surface area contributed by atoms with Gasteiger partial charge in [-0.25, -0.2) is 0 Å². The van der Waals surface area contributed by atoms with Gasteiger partial charge >= 0.3 is 6.18 Å². The minimum Gasteiger partial charge on any atom is -0.360 e. The van der Waals surface area contributed by atoms with Crippen LogP contribution in [-0.4, -0.2) is 5.91 Å². The van der Waals surface area contributed by atoms with Gasteiger partial charge in [-0.15, -0.1) is 0 Å². The molecule has 3 aromatic carbocycles. The van der Waals surface area contributed by atoms with Gasteiger partial charge in [0.2, 0.25) is 0 Å². The van der Waals surface area contributed by atoms with Crippen LogP contribution in [0.2, 0.25) is 0 Å². The number of aryl methyl sites for hydroxylation is 1. The molecule has 1 atom stereocenters. The standard InChI is InChI=1S/C22H17F3N2O/c1-14-9-11-15(12-10-14)20-26-19-8-3-2-7-18(19)21(28)27(20)17-6-4-5-16(13-17)22(23,24)25/h2-13,20,26H,1H3/t20-/m1/s1. The normalized spacial score (nSPS) is 16.5. The first-order valence-corrected chi connectivity index (χ1v) is 8.77. The third-order valence-corrected chi connectivity index (χ3v) is 4.77. The number of anilines is 2. The highest BCUT2D eigenvalue weighted by Crippen LogP contribution is 2.39. The largest absolute Gasteiger partial charge is 0.416 e. The summed E-state index contributed by atoms with van der Waals surface area (Å²) in [7, 11) is 0. The van der Waals surface area contributed by atoms with Crippen molar-refractivity contribution in [1.82, 2.24) is 0 Å². The first-order chi connectivity index (χ1) is 13.3. The molecule has 142 valence electrons. The molecule has 0 bridgehead atoms. The maximum absolute atomic E-state index is 13.2. The Morgan fingerprint density at radius 2 is 1.64 bits per heavy atom. The molecule has 28 heavy (non-hydrogen) atoms. The van der Waals surface area contributed by atoms with Crippen LogP contribution < -0.4 is 10.2 Å². The summed E-state index contributed by atoms with van der Waals surface area (Å²) in [5.41, 5.74) is 2.30. The second-order valence-electron chi connectivity index (χ2n) is 6.73. The molecule has 0 saturated heterocycles. The summed E-state index contributed by atoms with van der Waals surface area (Å²) in [5.74, 6) is -0.348. The van der Waals surface area contributed by atoms with E-state index in [1.807, 2.05) is 37.3 Å². The van der Waals surface area contributed by atoms with Gasteiger partial charge in [0.25, 0.3) is 5.91 Å². The van der Waals surface area contributed by atoms with Gasteiger partial charge in [-0.05, 0) is 42.8 Å². The lowest BCUT2D eigenvalue weighted by molar-refractivity contribution is -0.137. The van der Waals surface area contributed by atoms with Gasteiger partial charge in [0.15, 0.2) is 0 Å². The van der Waals surface area contributed by atoms with Crippen LogP contribution in [0.5, 0.6) is 0 Å². The van der Waals surface area contributed by atoms with E-state index in [2.05, 4.69) is 5.32 Å². The molecule has 1 aliphatic heterocycles. The summed E-state index contributed by atoms with van der Waals surface area (Å²) in [6, 6.07) is 19.4. The van der Waals surface area contributed by atoms with Crippen LogP contribution in [0, 0.1) is 6.92 Å². The molecule has 1 aliphatic rings. The molecule has 0 fully saturated rings. The molecule has 0 spiro atoms. The molecular formula is C22H17F3N2O. The predicted molar refractivity (Wildman–Crippen MR) is 102 cm³/mol. The maximum atomic E-state index is 13.2. The molecule has 0 unspecified atom stereocenters. The Labute approximate surface area is 160 Å². The van der Waals surface area contributed by atoms with E-state index >= 15 is 0 Å². The zero-order valence-corrected chi connectivity index (χ0v) is 15.0. The van der Waals surface area contributed by atoms with Crippen molar-refractivity contribution in [3.05, 3.63) is 95.1 Å². The number of benzene rings is 3. The van der Waals surface area contributed by atoms with Crippen LogP contribution in [0.4, 0.5) is 24.5 Å². The van der Waals surface area contributed by atoms with Crippen LogP contribution in [0.15, 0.2) is 72.8 Å². The fourth-order valence-electron chi connectivity index (χ4n) is 3.33. The molecule has 3 aromatic rings. The van der Waals surface area contributed by atoms with Crippen LogP contribution >= 0.6 is 0 Å². The van der Waals surface area contributed by atoms with Crippen molar-refractivity contribution >= 4 is 17.3 Å². The topological polar surface area (TPSA) is 32.3 Å². The van der Waals surface area contributed by atoms with E-state index in [1.165, 1.54) is 17.0 Å². The summed E-state index contributed by atoms with van der Waals surface area (Å²) in [5, 5.41) is 3.29. The quantitative estimate of drug-likeness (QED) is 0.609. The van der Waals surface area contributed by atoms with Gasteiger partial charge in [-0.1, -0.05) is 48.0 Å². The van der Waals surface area contributed by atoms with Crippen LogP contribution in [-0.2, 0) is 6.18 Å². The third-order valence-electron chi connectivity index (χ3n) is 4.77. The Bertz CT molecular complexity index is 1030. The Balaban J connectivity index is 1.86. The molecule has 1 N–H and O–H groups in total. The molecule has 3 nitrogen and oxygen atoms in total. The Morgan fingerprint density at radius 1 is 0.929 bits per heavy atom. The van der Waals surface area contributed by atoms with Gasteiger partial charge in [-0.2, -0.15) is 13.2 Å². The number of halogens is 3. The van der Waals surface area contributed by atoms with Crippen molar-refractivity contribution in [2.75, 3.05) is 10.2 Å². The summed E-state index contributed by atoms with van der Waals surface area (Å²) >= 11 is 0. The van der Waals surface area contributed by atoms with Crippen molar-refractivity contribution < 1.29 is 18.0 Å². The van der Waals surface area contributed by atoms with Crippen molar-refractivity contribution in [2.45, 2.75) is 19.3 Å². The van der Waals surface area contributed by atoms with Crippen molar-refractivity contribution in [2.24, 2.45) is 0 Å². The highest BCUT2D eigenvalue weighted by molar-refractivity contribution is 6.12. The van der Waals surface area contributed by atoms with E-state index in [1.54, 1.807) is 18.2 Å². The predicted octanol–water partition coefficient (Wildman–Crippen LogP) is 5.78. The van der Waals surface area contributed by atoms with Crippen molar-refractivity contribution in [3.63, 3.8) is 0 Å². The number of para-hydroxylation sites is 1. The molecule has 0 aliphatic carbocycles. The van der Waals surface area contributed by atoms with E-state index in [9.17, 15) is 18.0 Å². The number of fused-ring (bicyclic) bond motifs is 1. The SMILES string of the molecule is Cc1ccc([C@@H]2Nc3ccccc3C(=O)N2c2cccc(C(F)(F)F)c2)cc1. The molecule has 0 aromatic heterocycles. The van der Waals surface area contributed by atoms with Crippen LogP contribution in [0.1, 0.15) is 33.2 Å². The van der Waals surface area contributed by atoms with Crippen molar-refractivity contribution in [3.8, 4) is 0 Å². The second-order valence-corrected chi connectivity index (χ2v) is 6.73. The number of nitrogens with zero attached hydrogens (tertiary/aromatic N) is 1. The fourth-order valence-corrected chi connectivity index (χ4v) is 3.33. The summed E-state index contributed by atoms with van der Waals surface area (Å²) in [6.45, 7) is 1.95. The molecule has 4 rings (SSSR count). The van der Waals surface area contributed by atoms with Gasteiger partial charge < -0.3 is 5.32 Å². The number of carbonyl (C=O) groups is 1. The fraction of sp³-hybridized carbons (Fsp3) is 0.136. The number of rotatable bonds is 2. The molecular weight excluding hydrogens is 365 g/mol. The maximum Gasteiger partial charge on any atom is 0.416 e. The Hall–Kier alpha value is -3.28. The summed E-state index contributed by atoms with van der Waals surface area (Å²) < 4.78 is 39.6. The second kappa shape index (κ2) is 6.71. The summed E-state index contributed by atoms with van der Waals surface area (Å²) in [6.07, 6.45) is -5.11. The average molecular weight is 382 g/mol. The number of alkyl halides is 3. The monoisotopic (exact) mass is 382 g/mol. The van der Waals surface area contributed by atoms with Crippen LogP contribution in [0.3, 0.4) is 0 Å². The first kappa shape index (κ1) is 18.1. The number of amides is 1. The lowest BCUT2D eigenvalue weighted by Gasteiger charge is -2.38. The molecule has 1 heterocycles. The van der Waals surface area contributed by atoms with Crippen molar-refractivity contribution in [1.29, 1.82) is 0 Å². The van der Waals surface area contributed by atoms with Gasteiger partial charge in [0.1, 0.15) is 6.17 Å². The first-order valence-electron chi connectivity index (χ1n) is 8.77. The highest BCUT2D eigenvalue weighted by atomic mass is 19.4. The van der Waals surface area contributed by atoms with E-state index in [0.717, 1.165) is 23.3 Å². The zero-order valence-electron chi connectivity index (χ0n) is 15.0. The highest BCUT2D eigenvalue weighted by Gasteiger charge is 2.36. The smallest absolute Gasteiger partial charge is 0.360 e. The lowest BCUT2D eigenvalue weighted by atomic mass is 10.0. The Kier molecular flexibility index (Phi) is 4.34.